The zero-order valence-corrected chi connectivity index (χ0v) is 26.6. The van der Waals surface area contributed by atoms with E-state index in [4.69, 9.17) is 0 Å². The monoisotopic (exact) mass is 567 g/mol. The molecular formula is C42H49N. The Balaban J connectivity index is 1.25. The summed E-state index contributed by atoms with van der Waals surface area (Å²) >= 11 is 0. The first-order valence-electron chi connectivity index (χ1n) is 17.2. The summed E-state index contributed by atoms with van der Waals surface area (Å²) in [6.07, 6.45) is 20.6. The third-order valence-electron chi connectivity index (χ3n) is 8.86. The van der Waals surface area contributed by atoms with E-state index in [0.717, 1.165) is 24.0 Å². The van der Waals surface area contributed by atoms with Crippen LogP contribution in [0.5, 0.6) is 0 Å². The van der Waals surface area contributed by atoms with Crippen molar-refractivity contribution in [3.05, 3.63) is 71.8 Å². The smallest absolute Gasteiger partial charge is 0.0544 e. The second-order valence-corrected chi connectivity index (χ2v) is 12.3. The summed E-state index contributed by atoms with van der Waals surface area (Å²) in [6.45, 7) is 4.55. The molecule has 0 radical (unpaired) electrons. The van der Waals surface area contributed by atoms with Crippen LogP contribution in [0.2, 0.25) is 0 Å². The van der Waals surface area contributed by atoms with Gasteiger partial charge < -0.3 is 4.98 Å². The van der Waals surface area contributed by atoms with Crippen LogP contribution in [0.3, 0.4) is 0 Å². The molecular weight excluding hydrogens is 518 g/mol. The number of unbranched alkanes of at least 4 members (excludes halogenated alkanes) is 14. The normalized spacial score (nSPS) is 11.2. The minimum Gasteiger partial charge on any atom is -0.353 e. The van der Waals surface area contributed by atoms with Crippen molar-refractivity contribution in [2.45, 2.75) is 117 Å². The van der Waals surface area contributed by atoms with Gasteiger partial charge >= 0.3 is 0 Å². The lowest BCUT2D eigenvalue weighted by molar-refractivity contribution is 0.594. The molecule has 5 rings (SSSR count). The SMILES string of the molecule is CCCCCCCCCC#Cc1ccc2c(ccc3c4ccc5cc(C#CCCCCCCCCC)ccc5c4[nH]c23)c1. The molecule has 1 heteroatoms. The Labute approximate surface area is 259 Å². The molecule has 43 heavy (non-hydrogen) atoms. The highest BCUT2D eigenvalue weighted by molar-refractivity contribution is 6.22. The van der Waals surface area contributed by atoms with E-state index in [9.17, 15) is 0 Å². The largest absolute Gasteiger partial charge is 0.353 e. The molecule has 1 N–H and O–H groups in total. The first kappa shape index (κ1) is 30.8. The first-order chi connectivity index (χ1) is 21.3. The number of fused-ring (bicyclic) bond motifs is 7. The summed E-state index contributed by atoms with van der Waals surface area (Å²) < 4.78 is 0. The maximum atomic E-state index is 3.80. The Hall–Kier alpha value is -3.68. The van der Waals surface area contributed by atoms with Crippen LogP contribution in [0, 0.1) is 23.7 Å². The molecule has 0 aliphatic rings. The highest BCUT2D eigenvalue weighted by atomic mass is 14.7. The van der Waals surface area contributed by atoms with Gasteiger partial charge in [0.2, 0.25) is 0 Å². The van der Waals surface area contributed by atoms with Crippen LogP contribution < -0.4 is 0 Å². The van der Waals surface area contributed by atoms with Crippen LogP contribution >= 0.6 is 0 Å². The molecule has 0 saturated carbocycles. The summed E-state index contributed by atoms with van der Waals surface area (Å²) in [5, 5.41) is 7.55. The Morgan fingerprint density at radius 2 is 0.837 bits per heavy atom. The van der Waals surface area contributed by atoms with Crippen molar-refractivity contribution in [3.63, 3.8) is 0 Å². The van der Waals surface area contributed by atoms with Gasteiger partial charge in [0.15, 0.2) is 0 Å². The van der Waals surface area contributed by atoms with E-state index < -0.39 is 0 Å². The molecule has 0 atom stereocenters. The third-order valence-corrected chi connectivity index (χ3v) is 8.86. The van der Waals surface area contributed by atoms with Crippen molar-refractivity contribution in [1.82, 2.24) is 4.98 Å². The van der Waals surface area contributed by atoms with E-state index in [1.807, 2.05) is 0 Å². The number of aromatic nitrogens is 1. The zero-order valence-electron chi connectivity index (χ0n) is 26.6. The van der Waals surface area contributed by atoms with Gasteiger partial charge in [-0.15, -0.1) is 0 Å². The standard InChI is InChI=1S/C42H49N/c1-3-5-7-9-11-13-15-17-19-21-33-23-27-37-35(31-33)25-29-39-40-30-26-36-32-34(24-28-38(36)42(40)43-41(37)39)22-20-18-16-14-12-10-8-6-4-2/h23-32,43H,3-18H2,1-2H3. The summed E-state index contributed by atoms with van der Waals surface area (Å²) in [7, 11) is 0. The van der Waals surface area contributed by atoms with E-state index in [2.05, 4.69) is 103 Å². The van der Waals surface area contributed by atoms with Crippen LogP contribution in [0.1, 0.15) is 128 Å². The van der Waals surface area contributed by atoms with E-state index in [1.54, 1.807) is 0 Å². The molecule has 0 spiro atoms. The van der Waals surface area contributed by atoms with E-state index >= 15 is 0 Å². The van der Waals surface area contributed by atoms with Crippen molar-refractivity contribution >= 4 is 43.4 Å². The van der Waals surface area contributed by atoms with Crippen LogP contribution in [-0.2, 0) is 0 Å². The lowest BCUT2D eigenvalue weighted by atomic mass is 10.0. The molecule has 4 aromatic carbocycles. The van der Waals surface area contributed by atoms with E-state index in [0.29, 0.717) is 0 Å². The lowest BCUT2D eigenvalue weighted by Gasteiger charge is -2.01. The maximum Gasteiger partial charge on any atom is 0.0544 e. The van der Waals surface area contributed by atoms with Gasteiger partial charge in [0.25, 0.3) is 0 Å². The molecule has 0 amide bonds. The predicted octanol–water partition coefficient (Wildman–Crippen LogP) is 12.6. The maximum absolute atomic E-state index is 3.80. The van der Waals surface area contributed by atoms with Gasteiger partial charge in [0.05, 0.1) is 11.0 Å². The number of benzene rings is 4. The fourth-order valence-electron chi connectivity index (χ4n) is 6.33. The summed E-state index contributed by atoms with van der Waals surface area (Å²) in [5.41, 5.74) is 4.64. The highest BCUT2D eigenvalue weighted by Crippen LogP contribution is 2.35. The Morgan fingerprint density at radius 1 is 0.442 bits per heavy atom. The molecule has 0 unspecified atom stereocenters. The third kappa shape index (κ3) is 8.24. The van der Waals surface area contributed by atoms with Crippen molar-refractivity contribution in [1.29, 1.82) is 0 Å². The van der Waals surface area contributed by atoms with Gasteiger partial charge in [0.1, 0.15) is 0 Å². The zero-order chi connectivity index (χ0) is 29.7. The molecule has 1 nitrogen and oxygen atoms in total. The fraction of sp³-hybridized carbons (Fsp3) is 0.429. The van der Waals surface area contributed by atoms with Crippen LogP contribution in [-0.4, -0.2) is 4.98 Å². The lowest BCUT2D eigenvalue weighted by Crippen LogP contribution is -1.81. The van der Waals surface area contributed by atoms with Gasteiger partial charge in [0, 0.05) is 45.5 Å². The average molecular weight is 568 g/mol. The number of nitrogens with one attached hydrogen (secondary N) is 1. The quantitative estimate of drug-likeness (QED) is 0.101. The molecule has 1 aromatic heterocycles. The summed E-state index contributed by atoms with van der Waals surface area (Å²) in [4.78, 5) is 3.80. The van der Waals surface area contributed by atoms with Gasteiger partial charge in [-0.05, 0) is 47.9 Å². The molecule has 0 saturated heterocycles. The molecule has 0 aliphatic heterocycles. The summed E-state index contributed by atoms with van der Waals surface area (Å²) in [5.74, 6) is 13.7. The van der Waals surface area contributed by atoms with Crippen LogP contribution in [0.4, 0.5) is 0 Å². The predicted molar refractivity (Wildman–Crippen MR) is 190 cm³/mol. The molecule has 0 aliphatic carbocycles. The number of hydrogen-bond donors (Lipinski definition) is 1. The fourth-order valence-corrected chi connectivity index (χ4v) is 6.33. The Morgan fingerprint density at radius 3 is 1.28 bits per heavy atom. The number of rotatable bonds is 14. The first-order valence-corrected chi connectivity index (χ1v) is 17.2. The molecule has 222 valence electrons. The average Bonchev–Trinajstić information content (AvgIpc) is 3.42. The topological polar surface area (TPSA) is 15.8 Å². The number of aromatic amines is 1. The van der Waals surface area contributed by atoms with Crippen LogP contribution in [0.25, 0.3) is 43.4 Å². The molecule has 0 fully saturated rings. The van der Waals surface area contributed by atoms with Crippen molar-refractivity contribution in [2.24, 2.45) is 0 Å². The second-order valence-electron chi connectivity index (χ2n) is 12.3. The minimum atomic E-state index is 0.992. The van der Waals surface area contributed by atoms with Gasteiger partial charge in [-0.3, -0.25) is 0 Å². The molecule has 0 bridgehead atoms. The van der Waals surface area contributed by atoms with E-state index in [1.165, 1.54) is 133 Å². The molecule has 5 aromatic rings. The van der Waals surface area contributed by atoms with Gasteiger partial charge in [-0.1, -0.05) is 151 Å². The second kappa shape index (κ2) is 16.2. The minimum absolute atomic E-state index is 0.992. The van der Waals surface area contributed by atoms with Gasteiger partial charge in [-0.2, -0.15) is 0 Å². The number of hydrogen-bond acceptors (Lipinski definition) is 0. The van der Waals surface area contributed by atoms with Crippen molar-refractivity contribution in [3.8, 4) is 23.7 Å². The summed E-state index contributed by atoms with van der Waals surface area (Å²) in [6, 6.07) is 22.4. The van der Waals surface area contributed by atoms with Crippen molar-refractivity contribution in [2.75, 3.05) is 0 Å². The van der Waals surface area contributed by atoms with Crippen LogP contribution in [0.15, 0.2) is 60.7 Å². The Kier molecular flexibility index (Phi) is 11.6. The van der Waals surface area contributed by atoms with Gasteiger partial charge in [-0.25, -0.2) is 0 Å². The number of H-pyrrole nitrogens is 1. The Bertz CT molecular complexity index is 1630. The van der Waals surface area contributed by atoms with Crippen molar-refractivity contribution < 1.29 is 0 Å². The highest BCUT2D eigenvalue weighted by Gasteiger charge is 2.11. The van der Waals surface area contributed by atoms with E-state index in [-0.39, 0.29) is 0 Å². The molecule has 1 heterocycles.